The lowest BCUT2D eigenvalue weighted by Gasteiger charge is -2.12. The van der Waals surface area contributed by atoms with E-state index in [2.05, 4.69) is 21.2 Å². The largest absolute Gasteiger partial charge is 0.507 e. The fourth-order valence-corrected chi connectivity index (χ4v) is 2.89. The van der Waals surface area contributed by atoms with Crippen molar-refractivity contribution in [2.75, 3.05) is 26.4 Å². The predicted molar refractivity (Wildman–Crippen MR) is 112 cm³/mol. The lowest BCUT2D eigenvalue weighted by Crippen LogP contribution is -2.30. The van der Waals surface area contributed by atoms with Gasteiger partial charge in [-0.05, 0) is 56.2 Å². The van der Waals surface area contributed by atoms with Crippen LogP contribution >= 0.6 is 15.9 Å². The van der Waals surface area contributed by atoms with E-state index in [1.165, 1.54) is 12.1 Å². The molecule has 0 atom stereocenters. The normalized spacial score (nSPS) is 10.3. The second-order valence-electron chi connectivity index (χ2n) is 5.98. The Hall–Kier alpha value is -2.74. The molecule has 0 spiro atoms. The molecule has 2 rings (SSSR count). The van der Waals surface area contributed by atoms with Gasteiger partial charge in [-0.15, -0.1) is 0 Å². The van der Waals surface area contributed by atoms with E-state index >= 15 is 0 Å². The van der Waals surface area contributed by atoms with E-state index in [9.17, 15) is 14.7 Å². The second kappa shape index (κ2) is 11.3. The third kappa shape index (κ3) is 6.98. The lowest BCUT2D eigenvalue weighted by molar-refractivity contribution is -0.124. The maximum atomic E-state index is 12.0. The number of carbonyl (C=O) groups is 2. The van der Waals surface area contributed by atoms with Crippen molar-refractivity contribution in [3.8, 4) is 17.2 Å². The Labute approximate surface area is 178 Å². The number of hydrogen-bond donors (Lipinski definition) is 2. The molecule has 0 aliphatic carbocycles. The van der Waals surface area contributed by atoms with Gasteiger partial charge in [0.15, 0.2) is 18.1 Å². The van der Waals surface area contributed by atoms with Crippen LogP contribution in [0.15, 0.2) is 40.9 Å². The zero-order valence-corrected chi connectivity index (χ0v) is 18.0. The summed E-state index contributed by atoms with van der Waals surface area (Å²) in [7, 11) is 0. The molecular formula is C21H24BrNO6. The smallest absolute Gasteiger partial charge is 0.342 e. The molecule has 1 amide bonds. The molecule has 0 aliphatic rings. The molecule has 2 N–H and O–H groups in total. The summed E-state index contributed by atoms with van der Waals surface area (Å²) in [6.45, 7) is 4.82. The van der Waals surface area contributed by atoms with Crippen LogP contribution in [-0.2, 0) is 16.0 Å². The van der Waals surface area contributed by atoms with Gasteiger partial charge in [0.05, 0.1) is 13.2 Å². The number of ether oxygens (including phenoxy) is 3. The molecule has 0 saturated carbocycles. The highest BCUT2D eigenvalue weighted by molar-refractivity contribution is 9.10. The van der Waals surface area contributed by atoms with Gasteiger partial charge in [-0.3, -0.25) is 4.79 Å². The summed E-state index contributed by atoms with van der Waals surface area (Å²) >= 11 is 3.21. The van der Waals surface area contributed by atoms with Gasteiger partial charge < -0.3 is 24.6 Å². The summed E-state index contributed by atoms with van der Waals surface area (Å²) in [5, 5.41) is 12.4. The van der Waals surface area contributed by atoms with Gasteiger partial charge in [-0.1, -0.05) is 22.0 Å². The molecule has 156 valence electrons. The highest BCUT2D eigenvalue weighted by Crippen LogP contribution is 2.28. The van der Waals surface area contributed by atoms with E-state index in [-0.39, 0.29) is 11.3 Å². The standard InChI is InChI=1S/C21H24BrNO6/c1-3-27-18-8-5-14(11-19(18)28-4-2)9-10-23-20(25)13-29-21(26)16-12-15(22)6-7-17(16)24/h5-8,11-12,24H,3-4,9-10,13H2,1-2H3,(H,23,25). The number of amides is 1. The Bertz CT molecular complexity index is 855. The summed E-state index contributed by atoms with van der Waals surface area (Å²) in [5.41, 5.74) is 0.971. The number of aromatic hydroxyl groups is 1. The number of phenols is 1. The van der Waals surface area contributed by atoms with Crippen molar-refractivity contribution in [1.29, 1.82) is 0 Å². The second-order valence-corrected chi connectivity index (χ2v) is 6.90. The quantitative estimate of drug-likeness (QED) is 0.521. The third-order valence-electron chi connectivity index (χ3n) is 3.86. The number of esters is 1. The van der Waals surface area contributed by atoms with Crippen LogP contribution in [-0.4, -0.2) is 43.3 Å². The number of nitrogens with one attached hydrogen (secondary N) is 1. The topological polar surface area (TPSA) is 94.1 Å². The molecule has 0 aromatic heterocycles. The maximum absolute atomic E-state index is 12.0. The number of rotatable bonds is 10. The summed E-state index contributed by atoms with van der Waals surface area (Å²) in [6.07, 6.45) is 0.582. The van der Waals surface area contributed by atoms with Crippen LogP contribution in [0.1, 0.15) is 29.8 Å². The van der Waals surface area contributed by atoms with Crippen LogP contribution in [0.4, 0.5) is 0 Å². The number of benzene rings is 2. The Balaban J connectivity index is 1.81. The first kappa shape index (κ1) is 22.5. The maximum Gasteiger partial charge on any atom is 0.342 e. The van der Waals surface area contributed by atoms with Crippen LogP contribution in [0.25, 0.3) is 0 Å². The minimum absolute atomic E-state index is 0.00924. The average molecular weight is 466 g/mol. The summed E-state index contributed by atoms with van der Waals surface area (Å²) < 4.78 is 16.7. The first-order valence-corrected chi connectivity index (χ1v) is 10.0. The van der Waals surface area contributed by atoms with Gasteiger partial charge in [-0.25, -0.2) is 4.79 Å². The summed E-state index contributed by atoms with van der Waals surface area (Å²) in [6, 6.07) is 10.0. The first-order valence-electron chi connectivity index (χ1n) is 9.25. The number of halogens is 1. The highest BCUT2D eigenvalue weighted by Gasteiger charge is 2.15. The molecular weight excluding hydrogens is 442 g/mol. The van der Waals surface area contributed by atoms with Crippen LogP contribution < -0.4 is 14.8 Å². The van der Waals surface area contributed by atoms with Gasteiger partial charge in [0.2, 0.25) is 0 Å². The Morgan fingerprint density at radius 1 is 1.03 bits per heavy atom. The molecule has 0 heterocycles. The monoisotopic (exact) mass is 465 g/mol. The molecule has 0 unspecified atom stereocenters. The highest BCUT2D eigenvalue weighted by atomic mass is 79.9. The van der Waals surface area contributed by atoms with Crippen molar-refractivity contribution in [3.63, 3.8) is 0 Å². The van der Waals surface area contributed by atoms with Gasteiger partial charge >= 0.3 is 5.97 Å². The van der Waals surface area contributed by atoms with Gasteiger partial charge in [0.25, 0.3) is 5.91 Å². The van der Waals surface area contributed by atoms with Crippen LogP contribution in [0.3, 0.4) is 0 Å². The van der Waals surface area contributed by atoms with Crippen molar-refractivity contribution in [1.82, 2.24) is 5.32 Å². The predicted octanol–water partition coefficient (Wildman–Crippen LogP) is 3.47. The fourth-order valence-electron chi connectivity index (χ4n) is 2.53. The van der Waals surface area contributed by atoms with Crippen molar-refractivity contribution < 1.29 is 28.9 Å². The van der Waals surface area contributed by atoms with E-state index in [4.69, 9.17) is 14.2 Å². The summed E-state index contributed by atoms with van der Waals surface area (Å²) in [5.74, 6) is -0.0550. The molecule has 2 aromatic carbocycles. The molecule has 29 heavy (non-hydrogen) atoms. The molecule has 0 saturated heterocycles. The number of carbonyl (C=O) groups excluding carboxylic acids is 2. The zero-order chi connectivity index (χ0) is 21.2. The van der Waals surface area contributed by atoms with E-state index in [0.717, 1.165) is 5.56 Å². The van der Waals surface area contributed by atoms with E-state index in [1.54, 1.807) is 6.07 Å². The molecule has 0 fully saturated rings. The van der Waals surface area contributed by atoms with Gasteiger partial charge in [0.1, 0.15) is 11.3 Å². The fraction of sp³-hybridized carbons (Fsp3) is 0.333. The zero-order valence-electron chi connectivity index (χ0n) is 16.4. The molecule has 0 bridgehead atoms. The number of phenolic OH excluding ortho intramolecular Hbond substituents is 1. The summed E-state index contributed by atoms with van der Waals surface area (Å²) in [4.78, 5) is 23.9. The lowest BCUT2D eigenvalue weighted by atomic mass is 10.1. The minimum atomic E-state index is -0.771. The van der Waals surface area contributed by atoms with Crippen LogP contribution in [0, 0.1) is 0 Å². The first-order chi connectivity index (χ1) is 13.9. The molecule has 2 aromatic rings. The third-order valence-corrected chi connectivity index (χ3v) is 4.35. The number of hydrogen-bond acceptors (Lipinski definition) is 6. The SMILES string of the molecule is CCOc1ccc(CCNC(=O)COC(=O)c2cc(Br)ccc2O)cc1OCC. The Morgan fingerprint density at radius 2 is 1.76 bits per heavy atom. The Kier molecular flexibility index (Phi) is 8.79. The van der Waals surface area contributed by atoms with E-state index in [1.807, 2.05) is 32.0 Å². The van der Waals surface area contributed by atoms with E-state index < -0.39 is 18.5 Å². The minimum Gasteiger partial charge on any atom is -0.507 e. The molecule has 8 heteroatoms. The van der Waals surface area contributed by atoms with Crippen molar-refractivity contribution in [2.24, 2.45) is 0 Å². The van der Waals surface area contributed by atoms with Gasteiger partial charge in [-0.2, -0.15) is 0 Å². The van der Waals surface area contributed by atoms with Crippen molar-refractivity contribution in [2.45, 2.75) is 20.3 Å². The average Bonchev–Trinajstić information content (AvgIpc) is 2.70. The van der Waals surface area contributed by atoms with Gasteiger partial charge in [0, 0.05) is 11.0 Å². The molecule has 0 radical (unpaired) electrons. The van der Waals surface area contributed by atoms with Crippen LogP contribution in [0.2, 0.25) is 0 Å². The molecule has 0 aliphatic heterocycles. The van der Waals surface area contributed by atoms with Crippen molar-refractivity contribution >= 4 is 27.8 Å². The molecule has 7 nitrogen and oxygen atoms in total. The van der Waals surface area contributed by atoms with Crippen LogP contribution in [0.5, 0.6) is 17.2 Å². The van der Waals surface area contributed by atoms with Crippen molar-refractivity contribution in [3.05, 3.63) is 52.0 Å². The van der Waals surface area contributed by atoms with E-state index in [0.29, 0.717) is 42.2 Å². The Morgan fingerprint density at radius 3 is 2.48 bits per heavy atom.